The molecule has 2 atom stereocenters. The van der Waals surface area contributed by atoms with Crippen LogP contribution in [-0.4, -0.2) is 32.5 Å². The second-order valence-corrected chi connectivity index (χ2v) is 8.33. The molecule has 1 aliphatic rings. The number of aromatic hydroxyl groups is 4. The fourth-order valence-electron chi connectivity index (χ4n) is 4.01. The second kappa shape index (κ2) is 11.0. The van der Waals surface area contributed by atoms with Crippen molar-refractivity contribution in [1.82, 2.24) is 0 Å². The van der Waals surface area contributed by atoms with Crippen LogP contribution in [-0.2, 0) is 16.0 Å². The van der Waals surface area contributed by atoms with Gasteiger partial charge >= 0.3 is 5.97 Å². The van der Waals surface area contributed by atoms with Crippen LogP contribution in [0.5, 0.6) is 28.7 Å². The lowest BCUT2D eigenvalue weighted by atomic mass is 9.93. The van der Waals surface area contributed by atoms with Gasteiger partial charge in [-0.3, -0.25) is 4.79 Å². The molecule has 2 aromatic rings. The number of hydrogen-bond donors (Lipinski definition) is 4. The van der Waals surface area contributed by atoms with Crippen LogP contribution in [0, 0.1) is 0 Å². The topological polar surface area (TPSA) is 116 Å². The van der Waals surface area contributed by atoms with E-state index in [0.29, 0.717) is 17.5 Å². The minimum absolute atomic E-state index is 0.139. The number of benzene rings is 2. The molecule has 1 aliphatic heterocycles. The monoisotopic (exact) mass is 444 g/mol. The average molecular weight is 445 g/mol. The van der Waals surface area contributed by atoms with E-state index in [1.165, 1.54) is 49.9 Å². The maximum Gasteiger partial charge on any atom is 0.306 e. The summed E-state index contributed by atoms with van der Waals surface area (Å²) in [6.45, 7) is 2.18. The van der Waals surface area contributed by atoms with Gasteiger partial charge < -0.3 is 29.9 Å². The Hall–Kier alpha value is -3.09. The van der Waals surface area contributed by atoms with Crippen molar-refractivity contribution in [3.63, 3.8) is 0 Å². The molecule has 32 heavy (non-hydrogen) atoms. The molecule has 0 fully saturated rings. The van der Waals surface area contributed by atoms with Gasteiger partial charge in [0.05, 0.1) is 0 Å². The van der Waals surface area contributed by atoms with Gasteiger partial charge in [0.15, 0.2) is 17.6 Å². The van der Waals surface area contributed by atoms with Crippen LogP contribution in [0.25, 0.3) is 0 Å². The molecular formula is C25H32O7. The van der Waals surface area contributed by atoms with Crippen LogP contribution < -0.4 is 4.74 Å². The zero-order chi connectivity index (χ0) is 23.1. The summed E-state index contributed by atoms with van der Waals surface area (Å²) in [6.07, 6.45) is 6.64. The Morgan fingerprint density at radius 3 is 2.38 bits per heavy atom. The number of fused-ring (bicyclic) bond motifs is 1. The van der Waals surface area contributed by atoms with Gasteiger partial charge in [0.1, 0.15) is 23.4 Å². The van der Waals surface area contributed by atoms with E-state index in [1.54, 1.807) is 6.07 Å². The van der Waals surface area contributed by atoms with Gasteiger partial charge in [-0.15, -0.1) is 0 Å². The predicted molar refractivity (Wildman–Crippen MR) is 119 cm³/mol. The fourth-order valence-corrected chi connectivity index (χ4v) is 4.01. The summed E-state index contributed by atoms with van der Waals surface area (Å²) in [5.74, 6) is -0.944. The van der Waals surface area contributed by atoms with Crippen molar-refractivity contribution in [2.24, 2.45) is 0 Å². The molecule has 7 heteroatoms. The number of esters is 1. The lowest BCUT2D eigenvalue weighted by molar-refractivity contribution is -0.155. The van der Waals surface area contributed by atoms with E-state index in [2.05, 4.69) is 6.92 Å². The summed E-state index contributed by atoms with van der Waals surface area (Å²) in [5.41, 5.74) is 0.943. The lowest BCUT2D eigenvalue weighted by Crippen LogP contribution is -2.34. The number of hydrogen-bond acceptors (Lipinski definition) is 7. The van der Waals surface area contributed by atoms with E-state index >= 15 is 0 Å². The van der Waals surface area contributed by atoms with Crippen LogP contribution in [0.15, 0.2) is 30.3 Å². The largest absolute Gasteiger partial charge is 0.508 e. The van der Waals surface area contributed by atoms with Crippen LogP contribution in [0.4, 0.5) is 0 Å². The van der Waals surface area contributed by atoms with Gasteiger partial charge in [-0.2, -0.15) is 0 Å². The van der Waals surface area contributed by atoms with Gasteiger partial charge in [0, 0.05) is 36.1 Å². The molecule has 0 saturated carbocycles. The molecule has 0 amide bonds. The molecule has 2 aromatic carbocycles. The molecule has 0 spiro atoms. The summed E-state index contributed by atoms with van der Waals surface area (Å²) in [6, 6.07) is 6.86. The van der Waals surface area contributed by atoms with Crippen molar-refractivity contribution in [3.8, 4) is 28.7 Å². The highest BCUT2D eigenvalue weighted by atomic mass is 16.6. The van der Waals surface area contributed by atoms with Crippen molar-refractivity contribution in [1.29, 1.82) is 0 Å². The molecule has 0 unspecified atom stereocenters. The number of rotatable bonds is 10. The van der Waals surface area contributed by atoms with Gasteiger partial charge in [-0.1, -0.05) is 51.5 Å². The molecule has 174 valence electrons. The second-order valence-electron chi connectivity index (χ2n) is 8.33. The number of phenolic OH excluding ortho intramolecular Hbond substituents is 4. The first-order valence-corrected chi connectivity index (χ1v) is 11.3. The smallest absolute Gasteiger partial charge is 0.306 e. The maximum absolute atomic E-state index is 12.5. The Morgan fingerprint density at radius 1 is 0.938 bits per heavy atom. The number of carbonyl (C=O) groups excluding carboxylic acids is 1. The van der Waals surface area contributed by atoms with Crippen molar-refractivity contribution in [2.45, 2.75) is 76.9 Å². The molecule has 3 rings (SSSR count). The quantitative estimate of drug-likeness (QED) is 0.225. The highest BCUT2D eigenvalue weighted by molar-refractivity contribution is 5.69. The third kappa shape index (κ3) is 5.99. The summed E-state index contributed by atoms with van der Waals surface area (Å²) in [4.78, 5) is 12.5. The van der Waals surface area contributed by atoms with Crippen LogP contribution in [0.2, 0.25) is 0 Å². The Balaban J connectivity index is 1.69. The summed E-state index contributed by atoms with van der Waals surface area (Å²) >= 11 is 0. The Morgan fingerprint density at radius 2 is 1.66 bits per heavy atom. The molecular weight excluding hydrogens is 412 g/mol. The summed E-state index contributed by atoms with van der Waals surface area (Å²) in [7, 11) is 0. The van der Waals surface area contributed by atoms with E-state index in [4.69, 9.17) is 9.47 Å². The SMILES string of the molecule is CCCCCCCCCC(=O)O[C@@H]1Cc2c(O)cc(O)cc2O[C@H]1c1ccc(O)c(O)c1. The van der Waals surface area contributed by atoms with E-state index in [-0.39, 0.29) is 41.1 Å². The third-order valence-corrected chi connectivity index (χ3v) is 5.76. The van der Waals surface area contributed by atoms with E-state index < -0.39 is 12.2 Å². The molecule has 1 heterocycles. The number of ether oxygens (including phenoxy) is 2. The first-order chi connectivity index (χ1) is 15.4. The Bertz CT molecular complexity index is 925. The molecule has 0 radical (unpaired) electrons. The third-order valence-electron chi connectivity index (χ3n) is 5.76. The van der Waals surface area contributed by atoms with E-state index in [1.807, 2.05) is 0 Å². The van der Waals surface area contributed by atoms with Gasteiger partial charge in [-0.25, -0.2) is 0 Å². The van der Waals surface area contributed by atoms with E-state index in [9.17, 15) is 25.2 Å². The summed E-state index contributed by atoms with van der Waals surface area (Å²) < 4.78 is 11.7. The van der Waals surface area contributed by atoms with Crippen LogP contribution in [0.1, 0.15) is 75.5 Å². The Labute approximate surface area is 188 Å². The van der Waals surface area contributed by atoms with E-state index in [0.717, 1.165) is 19.3 Å². The van der Waals surface area contributed by atoms with Crippen LogP contribution in [0.3, 0.4) is 0 Å². The Kier molecular flexibility index (Phi) is 8.09. The average Bonchev–Trinajstić information content (AvgIpc) is 2.75. The van der Waals surface area contributed by atoms with Gasteiger partial charge in [0.25, 0.3) is 0 Å². The van der Waals surface area contributed by atoms with Gasteiger partial charge in [0.2, 0.25) is 0 Å². The standard InChI is InChI=1S/C25H32O7/c1-2-3-4-5-6-7-8-9-24(30)31-23-15-18-20(28)13-17(26)14-22(18)32-25(23)16-10-11-19(27)21(29)12-16/h10-14,23,25-29H,2-9,15H2,1H3/t23-,25+/m1/s1. The van der Waals surface area contributed by atoms with Crippen molar-refractivity contribution in [3.05, 3.63) is 41.5 Å². The fraction of sp³-hybridized carbons (Fsp3) is 0.480. The van der Waals surface area contributed by atoms with Crippen LogP contribution >= 0.6 is 0 Å². The molecule has 4 N–H and O–H groups in total. The maximum atomic E-state index is 12.5. The zero-order valence-electron chi connectivity index (χ0n) is 18.4. The molecule has 7 nitrogen and oxygen atoms in total. The van der Waals surface area contributed by atoms with Crippen molar-refractivity contribution < 1.29 is 34.7 Å². The molecule has 0 aromatic heterocycles. The van der Waals surface area contributed by atoms with Crippen molar-refractivity contribution >= 4 is 5.97 Å². The predicted octanol–water partition coefficient (Wildman–Crippen LogP) is 5.24. The minimum atomic E-state index is -0.770. The summed E-state index contributed by atoms with van der Waals surface area (Å²) in [5, 5.41) is 39.6. The number of phenols is 4. The van der Waals surface area contributed by atoms with Crippen molar-refractivity contribution in [2.75, 3.05) is 0 Å². The lowest BCUT2D eigenvalue weighted by Gasteiger charge is -2.34. The number of unbranched alkanes of at least 4 members (excludes halogenated alkanes) is 6. The zero-order valence-corrected chi connectivity index (χ0v) is 18.4. The molecule has 0 bridgehead atoms. The number of carbonyl (C=O) groups is 1. The molecule has 0 aliphatic carbocycles. The first kappa shape index (κ1) is 23.6. The normalized spacial score (nSPS) is 17.4. The van der Waals surface area contributed by atoms with Gasteiger partial charge in [-0.05, 0) is 18.6 Å². The molecule has 0 saturated heterocycles. The highest BCUT2D eigenvalue weighted by Gasteiger charge is 2.36. The minimum Gasteiger partial charge on any atom is -0.508 e. The first-order valence-electron chi connectivity index (χ1n) is 11.3. The highest BCUT2D eigenvalue weighted by Crippen LogP contribution is 2.43.